The van der Waals surface area contributed by atoms with Crippen molar-refractivity contribution in [1.82, 2.24) is 10.3 Å². The molecule has 7 heteroatoms. The van der Waals surface area contributed by atoms with Gasteiger partial charge in [-0.2, -0.15) is 5.10 Å². The molecule has 1 aliphatic heterocycles. The molecule has 148 valence electrons. The summed E-state index contributed by atoms with van der Waals surface area (Å²) >= 11 is 0. The Hall–Kier alpha value is -2.05. The minimum atomic E-state index is -0.652. The molecule has 0 saturated carbocycles. The van der Waals surface area contributed by atoms with Crippen LogP contribution in [-0.2, 0) is 14.3 Å². The third-order valence-electron chi connectivity index (χ3n) is 3.93. The molecule has 1 aliphatic rings. The number of nitrogens with zero attached hydrogens (tertiary/aromatic N) is 2. The summed E-state index contributed by atoms with van der Waals surface area (Å²) in [6.45, 7) is 13.1. The van der Waals surface area contributed by atoms with E-state index in [4.69, 9.17) is 9.47 Å². The van der Waals surface area contributed by atoms with Gasteiger partial charge in [0.15, 0.2) is 0 Å². The first-order valence-electron chi connectivity index (χ1n) is 9.32. The first-order valence-corrected chi connectivity index (χ1v) is 9.32. The predicted octanol–water partition coefficient (Wildman–Crippen LogP) is 3.46. The zero-order chi connectivity index (χ0) is 19.7. The molecule has 7 nitrogen and oxygen atoms in total. The van der Waals surface area contributed by atoms with Gasteiger partial charge in [-0.1, -0.05) is 6.92 Å². The number of carbonyl (C=O) groups excluding carboxylic acids is 2. The smallest absolute Gasteiger partial charge is 0.428 e. The minimum absolute atomic E-state index is 0.294. The Balaban J connectivity index is 2.97. The number of rotatable bonds is 7. The average Bonchev–Trinajstić information content (AvgIpc) is 3.04. The third kappa shape index (κ3) is 7.45. The van der Waals surface area contributed by atoms with E-state index in [0.29, 0.717) is 18.7 Å². The molecular weight excluding hydrogens is 334 g/mol. The summed E-state index contributed by atoms with van der Waals surface area (Å²) in [5.74, 6) is -0.970. The Bertz CT molecular complexity index is 543. The molecule has 1 N–H and O–H groups in total. The van der Waals surface area contributed by atoms with E-state index in [1.54, 1.807) is 34.6 Å². The average molecular weight is 367 g/mol. The van der Waals surface area contributed by atoms with Crippen molar-refractivity contribution in [3.05, 3.63) is 11.8 Å². The highest BCUT2D eigenvalue weighted by Gasteiger charge is 2.28. The maximum atomic E-state index is 12.5. The summed E-state index contributed by atoms with van der Waals surface area (Å²) in [6, 6.07) is 0. The molecule has 1 unspecified atom stereocenters. The summed E-state index contributed by atoms with van der Waals surface area (Å²) in [5.41, 5.74) is 3.16. The molecule has 1 heterocycles. The molecule has 0 aromatic carbocycles. The predicted molar refractivity (Wildman–Crippen MR) is 102 cm³/mol. The molecule has 26 heavy (non-hydrogen) atoms. The van der Waals surface area contributed by atoms with Crippen LogP contribution in [0.5, 0.6) is 0 Å². The monoisotopic (exact) mass is 367 g/mol. The van der Waals surface area contributed by atoms with Crippen LogP contribution in [-0.4, -0.2) is 48.0 Å². The van der Waals surface area contributed by atoms with E-state index in [1.165, 1.54) is 0 Å². The van der Waals surface area contributed by atoms with Crippen LogP contribution in [0.25, 0.3) is 0 Å². The fourth-order valence-corrected chi connectivity index (χ4v) is 2.79. The van der Waals surface area contributed by atoms with Crippen molar-refractivity contribution < 1.29 is 19.1 Å². The van der Waals surface area contributed by atoms with Crippen molar-refractivity contribution in [3.63, 3.8) is 0 Å². The number of likely N-dealkylation sites (tertiary alicyclic amines) is 1. The second-order valence-corrected chi connectivity index (χ2v) is 7.35. The van der Waals surface area contributed by atoms with Gasteiger partial charge < -0.3 is 14.4 Å². The summed E-state index contributed by atoms with van der Waals surface area (Å²) in [7, 11) is 0. The number of hydrogen-bond donors (Lipinski definition) is 1. The zero-order valence-electron chi connectivity index (χ0n) is 16.9. The largest absolute Gasteiger partial charge is 0.465 e. The second-order valence-electron chi connectivity index (χ2n) is 7.35. The minimum Gasteiger partial charge on any atom is -0.465 e. The number of nitrogens with one attached hydrogen (secondary N) is 1. The number of ether oxygens (including phenoxy) is 2. The molecule has 0 aromatic rings. The maximum Gasteiger partial charge on any atom is 0.428 e. The van der Waals surface area contributed by atoms with Crippen molar-refractivity contribution in [2.24, 2.45) is 11.0 Å². The van der Waals surface area contributed by atoms with Crippen molar-refractivity contribution >= 4 is 17.8 Å². The first kappa shape index (κ1) is 22.0. The number of carbonyl (C=O) groups is 2. The van der Waals surface area contributed by atoms with Crippen molar-refractivity contribution in [2.75, 3.05) is 19.7 Å². The van der Waals surface area contributed by atoms with Crippen LogP contribution in [0.1, 0.15) is 60.8 Å². The highest BCUT2D eigenvalue weighted by molar-refractivity contribution is 6.04. The molecule has 1 rings (SSSR count). The van der Waals surface area contributed by atoms with Gasteiger partial charge in [-0.05, 0) is 65.7 Å². The number of amides is 1. The SMILES string of the molecule is CCOC(=O)C(/C(=C\N1CCCC1)CC)/C(C)=N/NC(=O)OC(C)(C)C. The molecule has 0 radical (unpaired) electrons. The summed E-state index contributed by atoms with van der Waals surface area (Å²) in [6.07, 6.45) is 4.40. The Morgan fingerprint density at radius 3 is 2.35 bits per heavy atom. The van der Waals surface area contributed by atoms with Gasteiger partial charge in [0.1, 0.15) is 11.5 Å². The van der Waals surface area contributed by atoms with E-state index < -0.39 is 17.6 Å². The lowest BCUT2D eigenvalue weighted by Crippen LogP contribution is -2.33. The molecule has 0 bridgehead atoms. The van der Waals surface area contributed by atoms with Gasteiger partial charge in [0.2, 0.25) is 0 Å². The lowest BCUT2D eigenvalue weighted by molar-refractivity contribution is -0.144. The Labute approximate surface area is 156 Å². The van der Waals surface area contributed by atoms with E-state index in [9.17, 15) is 9.59 Å². The van der Waals surface area contributed by atoms with E-state index in [2.05, 4.69) is 15.4 Å². The van der Waals surface area contributed by atoms with Crippen molar-refractivity contribution in [3.8, 4) is 0 Å². The quantitative estimate of drug-likeness (QED) is 0.423. The zero-order valence-corrected chi connectivity index (χ0v) is 16.9. The molecular formula is C19H33N3O4. The van der Waals surface area contributed by atoms with Crippen LogP contribution in [0.2, 0.25) is 0 Å². The standard InChI is InChI=1S/C19H33N3O4/c1-7-15(13-22-11-9-10-12-22)16(17(23)25-8-2)14(3)20-21-18(24)26-19(4,5)6/h13,16H,7-12H2,1-6H3,(H,21,24)/b15-13-,20-14+. The van der Waals surface area contributed by atoms with Gasteiger partial charge in [-0.3, -0.25) is 4.79 Å². The summed E-state index contributed by atoms with van der Waals surface area (Å²) in [4.78, 5) is 26.6. The number of esters is 1. The van der Waals surface area contributed by atoms with Crippen LogP contribution in [0.4, 0.5) is 4.79 Å². The number of hydrogen-bond acceptors (Lipinski definition) is 6. The van der Waals surface area contributed by atoms with E-state index >= 15 is 0 Å². The van der Waals surface area contributed by atoms with Crippen LogP contribution < -0.4 is 5.43 Å². The topological polar surface area (TPSA) is 80.2 Å². The van der Waals surface area contributed by atoms with Crippen molar-refractivity contribution in [2.45, 2.75) is 66.4 Å². The van der Waals surface area contributed by atoms with Gasteiger partial charge in [-0.15, -0.1) is 0 Å². The molecule has 1 fully saturated rings. The lowest BCUT2D eigenvalue weighted by Gasteiger charge is -2.22. The van der Waals surface area contributed by atoms with Crippen LogP contribution >= 0.6 is 0 Å². The summed E-state index contributed by atoms with van der Waals surface area (Å²) in [5, 5.41) is 4.09. The van der Waals surface area contributed by atoms with E-state index in [0.717, 1.165) is 31.5 Å². The van der Waals surface area contributed by atoms with E-state index in [1.807, 2.05) is 13.1 Å². The van der Waals surface area contributed by atoms with Gasteiger partial charge in [-0.25, -0.2) is 10.2 Å². The first-order chi connectivity index (χ1) is 12.2. The molecule has 1 atom stereocenters. The van der Waals surface area contributed by atoms with Gasteiger partial charge in [0.05, 0.1) is 12.3 Å². The van der Waals surface area contributed by atoms with Gasteiger partial charge in [0.25, 0.3) is 0 Å². The van der Waals surface area contributed by atoms with Gasteiger partial charge in [0, 0.05) is 13.1 Å². The summed E-state index contributed by atoms with van der Waals surface area (Å²) < 4.78 is 10.4. The van der Waals surface area contributed by atoms with Crippen LogP contribution in [0.3, 0.4) is 0 Å². The molecule has 1 saturated heterocycles. The maximum absolute atomic E-state index is 12.5. The Kier molecular flexibility index (Phi) is 8.61. The molecule has 0 aromatic heterocycles. The highest BCUT2D eigenvalue weighted by atomic mass is 16.6. The van der Waals surface area contributed by atoms with Gasteiger partial charge >= 0.3 is 12.1 Å². The highest BCUT2D eigenvalue weighted by Crippen LogP contribution is 2.21. The fourth-order valence-electron chi connectivity index (χ4n) is 2.79. The van der Waals surface area contributed by atoms with E-state index in [-0.39, 0.29) is 5.97 Å². The number of hydrazone groups is 1. The third-order valence-corrected chi connectivity index (χ3v) is 3.93. The molecule has 1 amide bonds. The Morgan fingerprint density at radius 2 is 1.85 bits per heavy atom. The normalized spacial score (nSPS) is 17.1. The lowest BCUT2D eigenvalue weighted by atomic mass is 9.93. The second kappa shape index (κ2) is 10.2. The van der Waals surface area contributed by atoms with Crippen LogP contribution in [0, 0.1) is 5.92 Å². The van der Waals surface area contributed by atoms with Crippen LogP contribution in [0.15, 0.2) is 16.9 Å². The fraction of sp³-hybridized carbons (Fsp3) is 0.737. The van der Waals surface area contributed by atoms with Crippen molar-refractivity contribution in [1.29, 1.82) is 0 Å². The molecule has 0 aliphatic carbocycles. The Morgan fingerprint density at radius 1 is 1.23 bits per heavy atom. The molecule has 0 spiro atoms.